The third-order valence-electron chi connectivity index (χ3n) is 2.15. The number of hydrogen-bond acceptors (Lipinski definition) is 6. The van der Waals surface area contributed by atoms with Crippen LogP contribution in [0.1, 0.15) is 19.3 Å². The van der Waals surface area contributed by atoms with E-state index in [9.17, 15) is 19.2 Å². The number of nitrogens with two attached hydrogens (primary N) is 2. The number of aliphatic carboxylic acids is 1. The summed E-state index contributed by atoms with van der Waals surface area (Å²) in [6.07, 6.45) is -0.963. The molecule has 1 unspecified atom stereocenters. The SMILES string of the molecule is NC(=O)CC[C@H](NC(=O)C(N)CC(=O)O)C(=O)NO. The molecule has 108 valence electrons. The van der Waals surface area contributed by atoms with Crippen LogP contribution in [0.25, 0.3) is 0 Å². The lowest BCUT2D eigenvalue weighted by Gasteiger charge is -2.18. The Hall–Kier alpha value is -2.20. The van der Waals surface area contributed by atoms with Crippen molar-refractivity contribution in [3.8, 4) is 0 Å². The molecule has 0 fully saturated rings. The molecule has 0 spiro atoms. The fraction of sp³-hybridized carbons (Fsp3) is 0.556. The van der Waals surface area contributed by atoms with E-state index in [1.807, 2.05) is 0 Å². The van der Waals surface area contributed by atoms with Gasteiger partial charge in [0.25, 0.3) is 5.91 Å². The summed E-state index contributed by atoms with van der Waals surface area (Å²) in [5.74, 6) is -3.82. The lowest BCUT2D eigenvalue weighted by molar-refractivity contribution is -0.140. The van der Waals surface area contributed by atoms with Crippen molar-refractivity contribution in [2.45, 2.75) is 31.3 Å². The predicted octanol–water partition coefficient (Wildman–Crippen LogP) is -2.96. The van der Waals surface area contributed by atoms with Crippen LogP contribution < -0.4 is 22.3 Å². The molecule has 0 heterocycles. The Bertz CT molecular complexity index is 372. The van der Waals surface area contributed by atoms with Crippen molar-refractivity contribution in [3.63, 3.8) is 0 Å². The molecule has 0 aliphatic heterocycles. The zero-order valence-corrected chi connectivity index (χ0v) is 9.96. The summed E-state index contributed by atoms with van der Waals surface area (Å²) in [6, 6.07) is -2.58. The fourth-order valence-electron chi connectivity index (χ4n) is 1.19. The molecule has 0 radical (unpaired) electrons. The zero-order valence-electron chi connectivity index (χ0n) is 9.96. The molecule has 0 aromatic heterocycles. The molecule has 8 N–H and O–H groups in total. The Balaban J connectivity index is 4.53. The van der Waals surface area contributed by atoms with Crippen molar-refractivity contribution >= 4 is 23.7 Å². The monoisotopic (exact) mass is 276 g/mol. The molecule has 0 saturated heterocycles. The summed E-state index contributed by atoms with van der Waals surface area (Å²) in [5, 5.41) is 19.1. The first-order chi connectivity index (χ1) is 8.77. The van der Waals surface area contributed by atoms with Crippen molar-refractivity contribution < 1.29 is 29.5 Å². The average Bonchev–Trinajstić information content (AvgIpc) is 2.31. The number of amides is 3. The molecule has 19 heavy (non-hydrogen) atoms. The fourth-order valence-corrected chi connectivity index (χ4v) is 1.19. The minimum atomic E-state index is -1.35. The molecule has 2 atom stereocenters. The highest BCUT2D eigenvalue weighted by Gasteiger charge is 2.24. The van der Waals surface area contributed by atoms with Gasteiger partial charge in [-0.05, 0) is 6.42 Å². The Morgan fingerprint density at radius 2 is 1.74 bits per heavy atom. The maximum Gasteiger partial charge on any atom is 0.305 e. The van der Waals surface area contributed by atoms with Crippen molar-refractivity contribution in [2.24, 2.45) is 11.5 Å². The molecule has 0 saturated carbocycles. The number of carbonyl (C=O) groups is 4. The number of carboxylic acid groups (broad SMARTS) is 1. The highest BCUT2D eigenvalue weighted by molar-refractivity contribution is 5.91. The van der Waals surface area contributed by atoms with Gasteiger partial charge in [0, 0.05) is 6.42 Å². The van der Waals surface area contributed by atoms with E-state index in [1.54, 1.807) is 0 Å². The van der Waals surface area contributed by atoms with Gasteiger partial charge in [-0.2, -0.15) is 0 Å². The van der Waals surface area contributed by atoms with Gasteiger partial charge in [0.15, 0.2) is 0 Å². The maximum absolute atomic E-state index is 11.5. The number of rotatable bonds is 8. The van der Waals surface area contributed by atoms with E-state index in [-0.39, 0.29) is 12.8 Å². The Morgan fingerprint density at radius 1 is 1.16 bits per heavy atom. The van der Waals surface area contributed by atoms with Crippen LogP contribution >= 0.6 is 0 Å². The number of nitrogens with one attached hydrogen (secondary N) is 2. The topological polar surface area (TPSA) is 185 Å². The summed E-state index contributed by atoms with van der Waals surface area (Å²) in [7, 11) is 0. The van der Waals surface area contributed by atoms with Crippen molar-refractivity contribution in [2.75, 3.05) is 0 Å². The second kappa shape index (κ2) is 8.00. The standard InChI is InChI=1S/C9H16N4O6/c10-4(3-7(15)16)8(17)12-5(9(18)13-19)1-2-6(11)14/h4-5,19H,1-3,10H2,(H2,11,14)(H,12,17)(H,13,18)(H,15,16)/t4?,5-/m0/s1. The molecule has 0 aliphatic carbocycles. The van der Waals surface area contributed by atoms with Crippen LogP contribution in [0.5, 0.6) is 0 Å². The number of carbonyl (C=O) groups excluding carboxylic acids is 3. The third kappa shape index (κ3) is 6.95. The Labute approximate surface area is 108 Å². The van der Waals surface area contributed by atoms with Crippen LogP contribution in [0.4, 0.5) is 0 Å². The summed E-state index contributed by atoms with van der Waals surface area (Å²) in [6.45, 7) is 0. The lowest BCUT2D eigenvalue weighted by atomic mass is 10.1. The van der Waals surface area contributed by atoms with E-state index in [0.29, 0.717) is 0 Å². The zero-order chi connectivity index (χ0) is 15.0. The van der Waals surface area contributed by atoms with Gasteiger partial charge in [0.2, 0.25) is 11.8 Å². The molecule has 0 aromatic carbocycles. The van der Waals surface area contributed by atoms with Crippen LogP contribution in [-0.2, 0) is 19.2 Å². The van der Waals surface area contributed by atoms with Gasteiger partial charge in [-0.1, -0.05) is 0 Å². The minimum absolute atomic E-state index is 0.146. The molecule has 0 bridgehead atoms. The molecule has 10 heteroatoms. The first-order valence-electron chi connectivity index (χ1n) is 5.28. The first-order valence-corrected chi connectivity index (χ1v) is 5.28. The van der Waals surface area contributed by atoms with Gasteiger partial charge < -0.3 is 21.9 Å². The van der Waals surface area contributed by atoms with Crippen LogP contribution in [0, 0.1) is 0 Å². The number of primary amides is 1. The summed E-state index contributed by atoms with van der Waals surface area (Å²) in [5.41, 5.74) is 11.5. The third-order valence-corrected chi connectivity index (χ3v) is 2.15. The summed E-state index contributed by atoms with van der Waals surface area (Å²) >= 11 is 0. The number of carboxylic acids is 1. The Morgan fingerprint density at radius 3 is 2.16 bits per heavy atom. The lowest BCUT2D eigenvalue weighted by Crippen LogP contribution is -2.51. The van der Waals surface area contributed by atoms with Gasteiger partial charge in [-0.25, -0.2) is 5.48 Å². The van der Waals surface area contributed by atoms with E-state index in [4.69, 9.17) is 21.8 Å². The predicted molar refractivity (Wildman–Crippen MR) is 60.5 cm³/mol. The van der Waals surface area contributed by atoms with Crippen molar-refractivity contribution in [3.05, 3.63) is 0 Å². The quantitative estimate of drug-likeness (QED) is 0.202. The largest absolute Gasteiger partial charge is 0.481 e. The van der Waals surface area contributed by atoms with Gasteiger partial charge in [-0.3, -0.25) is 24.4 Å². The smallest absolute Gasteiger partial charge is 0.305 e. The normalized spacial score (nSPS) is 13.2. The van der Waals surface area contributed by atoms with E-state index >= 15 is 0 Å². The molecular weight excluding hydrogens is 260 g/mol. The first kappa shape index (κ1) is 16.8. The second-order valence-electron chi connectivity index (χ2n) is 3.75. The van der Waals surface area contributed by atoms with Crippen LogP contribution in [0.15, 0.2) is 0 Å². The maximum atomic E-state index is 11.5. The van der Waals surface area contributed by atoms with Gasteiger partial charge >= 0.3 is 5.97 Å². The highest BCUT2D eigenvalue weighted by Crippen LogP contribution is 1.99. The molecule has 0 aliphatic rings. The molecule has 10 nitrogen and oxygen atoms in total. The van der Waals surface area contributed by atoms with Crippen LogP contribution in [-0.4, -0.2) is 46.1 Å². The van der Waals surface area contributed by atoms with E-state index < -0.39 is 42.2 Å². The molecule has 0 rings (SSSR count). The van der Waals surface area contributed by atoms with Crippen LogP contribution in [0.3, 0.4) is 0 Å². The molecular formula is C9H16N4O6. The van der Waals surface area contributed by atoms with Gasteiger partial charge in [0.05, 0.1) is 12.5 Å². The van der Waals surface area contributed by atoms with Gasteiger partial charge in [-0.15, -0.1) is 0 Å². The Kier molecular flexibility index (Phi) is 7.07. The van der Waals surface area contributed by atoms with E-state index in [2.05, 4.69) is 5.32 Å². The summed E-state index contributed by atoms with van der Waals surface area (Å²) in [4.78, 5) is 43.7. The second-order valence-corrected chi connectivity index (χ2v) is 3.75. The van der Waals surface area contributed by atoms with E-state index in [1.165, 1.54) is 5.48 Å². The average molecular weight is 276 g/mol. The van der Waals surface area contributed by atoms with E-state index in [0.717, 1.165) is 0 Å². The van der Waals surface area contributed by atoms with Crippen LogP contribution in [0.2, 0.25) is 0 Å². The van der Waals surface area contributed by atoms with Crippen molar-refractivity contribution in [1.29, 1.82) is 0 Å². The van der Waals surface area contributed by atoms with Crippen molar-refractivity contribution in [1.82, 2.24) is 10.8 Å². The molecule has 3 amide bonds. The molecule has 0 aromatic rings. The van der Waals surface area contributed by atoms with Gasteiger partial charge in [0.1, 0.15) is 6.04 Å². The highest BCUT2D eigenvalue weighted by atomic mass is 16.5. The summed E-state index contributed by atoms with van der Waals surface area (Å²) < 4.78 is 0. The number of hydroxylamine groups is 1. The minimum Gasteiger partial charge on any atom is -0.481 e. The number of hydrogen-bond donors (Lipinski definition) is 6.